The van der Waals surface area contributed by atoms with Crippen LogP contribution in [-0.4, -0.2) is 27.5 Å². The normalized spacial score (nSPS) is 16.1. The Balaban J connectivity index is 1.40. The second-order valence-corrected chi connectivity index (χ2v) is 6.53. The Bertz CT molecular complexity index is 898. The minimum atomic E-state index is -0.345. The molecule has 0 bridgehead atoms. The van der Waals surface area contributed by atoms with E-state index in [1.165, 1.54) is 6.39 Å². The molecular formula is C21H21N3O4. The lowest BCUT2D eigenvalue weighted by Crippen LogP contribution is -2.31. The van der Waals surface area contributed by atoms with Gasteiger partial charge in [0.05, 0.1) is 12.2 Å². The number of pyridine rings is 1. The molecule has 3 heterocycles. The number of aromatic nitrogens is 2. The number of benzene rings is 1. The highest BCUT2D eigenvalue weighted by Crippen LogP contribution is 2.34. The van der Waals surface area contributed by atoms with E-state index >= 15 is 0 Å². The van der Waals surface area contributed by atoms with Crippen molar-refractivity contribution in [3.05, 3.63) is 78.3 Å². The van der Waals surface area contributed by atoms with E-state index in [0.717, 1.165) is 18.4 Å². The topological polar surface area (TPSA) is 77.7 Å². The molecule has 1 aromatic carbocycles. The van der Waals surface area contributed by atoms with E-state index in [9.17, 15) is 4.79 Å². The van der Waals surface area contributed by atoms with E-state index in [1.807, 2.05) is 36.4 Å². The molecule has 7 nitrogen and oxygen atoms in total. The smallest absolute Gasteiger partial charge is 0.410 e. The number of nitrogens with zero attached hydrogens (tertiary/aromatic N) is 3. The summed E-state index contributed by atoms with van der Waals surface area (Å²) in [5.74, 6) is 1.31. The summed E-state index contributed by atoms with van der Waals surface area (Å²) in [5.41, 5.74) is 1.63. The average molecular weight is 379 g/mol. The lowest BCUT2D eigenvalue weighted by atomic mass is 10.1. The first kappa shape index (κ1) is 18.0. The van der Waals surface area contributed by atoms with Crippen LogP contribution in [0.3, 0.4) is 0 Å². The molecule has 0 N–H and O–H groups in total. The van der Waals surface area contributed by atoms with Gasteiger partial charge in [0.2, 0.25) is 0 Å². The second kappa shape index (κ2) is 8.56. The number of hydrogen-bond donors (Lipinski definition) is 0. The van der Waals surface area contributed by atoms with Crippen molar-refractivity contribution in [3.63, 3.8) is 0 Å². The van der Waals surface area contributed by atoms with Crippen molar-refractivity contribution in [1.82, 2.24) is 14.9 Å². The summed E-state index contributed by atoms with van der Waals surface area (Å²) in [7, 11) is 0. The van der Waals surface area contributed by atoms with Gasteiger partial charge in [-0.2, -0.15) is 0 Å². The Morgan fingerprint density at radius 1 is 1.18 bits per heavy atom. The molecule has 1 aliphatic rings. The van der Waals surface area contributed by atoms with Gasteiger partial charge in [-0.15, -0.1) is 0 Å². The number of oxazole rings is 1. The monoisotopic (exact) mass is 379 g/mol. The van der Waals surface area contributed by atoms with E-state index in [-0.39, 0.29) is 25.3 Å². The van der Waals surface area contributed by atoms with Gasteiger partial charge in [-0.3, -0.25) is 9.88 Å². The van der Waals surface area contributed by atoms with Gasteiger partial charge >= 0.3 is 6.09 Å². The summed E-state index contributed by atoms with van der Waals surface area (Å²) in [4.78, 5) is 22.6. The minimum absolute atomic E-state index is 0.196. The van der Waals surface area contributed by atoms with E-state index in [1.54, 1.807) is 23.4 Å². The highest BCUT2D eigenvalue weighted by molar-refractivity contribution is 5.68. The molecule has 0 saturated carbocycles. The molecule has 0 unspecified atom stereocenters. The fourth-order valence-electron chi connectivity index (χ4n) is 3.30. The van der Waals surface area contributed by atoms with Crippen molar-refractivity contribution in [2.75, 3.05) is 6.54 Å². The molecule has 1 amide bonds. The molecule has 1 aliphatic heterocycles. The molecule has 3 aromatic rings. The molecule has 0 aliphatic carbocycles. The van der Waals surface area contributed by atoms with Gasteiger partial charge in [-0.1, -0.05) is 30.3 Å². The molecule has 1 saturated heterocycles. The first-order valence-corrected chi connectivity index (χ1v) is 9.23. The molecule has 7 heteroatoms. The van der Waals surface area contributed by atoms with Crippen LogP contribution in [0.1, 0.15) is 35.9 Å². The van der Waals surface area contributed by atoms with Crippen molar-refractivity contribution >= 4 is 6.09 Å². The van der Waals surface area contributed by atoms with Gasteiger partial charge in [0, 0.05) is 12.7 Å². The van der Waals surface area contributed by atoms with Crippen LogP contribution >= 0.6 is 0 Å². The van der Waals surface area contributed by atoms with E-state index in [0.29, 0.717) is 23.7 Å². The van der Waals surface area contributed by atoms with Gasteiger partial charge in [-0.25, -0.2) is 9.78 Å². The lowest BCUT2D eigenvalue weighted by molar-refractivity contribution is 0.0882. The van der Waals surface area contributed by atoms with E-state index < -0.39 is 0 Å². The van der Waals surface area contributed by atoms with Crippen molar-refractivity contribution in [3.8, 4) is 5.75 Å². The van der Waals surface area contributed by atoms with Gasteiger partial charge in [0.15, 0.2) is 12.2 Å². The Morgan fingerprint density at radius 2 is 2.07 bits per heavy atom. The Morgan fingerprint density at radius 3 is 2.89 bits per heavy atom. The Labute approximate surface area is 162 Å². The van der Waals surface area contributed by atoms with Crippen molar-refractivity contribution in [2.24, 2.45) is 0 Å². The summed E-state index contributed by atoms with van der Waals surface area (Å²) in [6, 6.07) is 13.1. The maximum atomic E-state index is 12.6. The van der Waals surface area contributed by atoms with Crippen LogP contribution in [0.5, 0.6) is 5.75 Å². The standard InChI is InChI=1S/C21H21N3O4/c25-21(27-13-16-6-2-1-3-7-16)24-11-5-9-19(24)20-18(23-15-28-20)14-26-17-8-4-10-22-12-17/h1-4,6-8,10,12,15,19H,5,9,11,13-14H2/t19-/m0/s1. The zero-order valence-electron chi connectivity index (χ0n) is 15.4. The van der Waals surface area contributed by atoms with Gasteiger partial charge in [0.1, 0.15) is 24.7 Å². The first-order valence-electron chi connectivity index (χ1n) is 9.23. The van der Waals surface area contributed by atoms with Crippen LogP contribution in [0, 0.1) is 0 Å². The number of ether oxygens (including phenoxy) is 2. The van der Waals surface area contributed by atoms with Crippen molar-refractivity contribution < 1.29 is 18.7 Å². The minimum Gasteiger partial charge on any atom is -0.486 e. The van der Waals surface area contributed by atoms with Gasteiger partial charge in [0.25, 0.3) is 0 Å². The SMILES string of the molecule is O=C(OCc1ccccc1)N1CCC[C@H]1c1ocnc1COc1cccnc1. The maximum Gasteiger partial charge on any atom is 0.410 e. The molecule has 0 spiro atoms. The van der Waals surface area contributed by atoms with Crippen molar-refractivity contribution in [1.29, 1.82) is 0 Å². The van der Waals surface area contributed by atoms with Crippen LogP contribution in [0.4, 0.5) is 4.79 Å². The first-order chi connectivity index (χ1) is 13.8. The van der Waals surface area contributed by atoms with E-state index in [2.05, 4.69) is 9.97 Å². The quantitative estimate of drug-likeness (QED) is 0.641. The summed E-state index contributed by atoms with van der Waals surface area (Å²) in [6.45, 7) is 1.12. The number of likely N-dealkylation sites (tertiary alicyclic amines) is 1. The number of hydrogen-bond acceptors (Lipinski definition) is 6. The molecule has 28 heavy (non-hydrogen) atoms. The van der Waals surface area contributed by atoms with Crippen LogP contribution < -0.4 is 4.74 Å². The summed E-state index contributed by atoms with van der Waals surface area (Å²) >= 11 is 0. The number of amides is 1. The van der Waals surface area contributed by atoms with Crippen molar-refractivity contribution in [2.45, 2.75) is 32.1 Å². The lowest BCUT2D eigenvalue weighted by Gasteiger charge is -2.23. The Hall–Kier alpha value is -3.35. The zero-order valence-corrected chi connectivity index (χ0v) is 15.4. The fraction of sp³-hybridized carbons (Fsp3) is 0.286. The van der Waals surface area contributed by atoms with Crippen LogP contribution in [0.2, 0.25) is 0 Å². The third kappa shape index (κ3) is 4.14. The van der Waals surface area contributed by atoms with Crippen LogP contribution in [-0.2, 0) is 18.0 Å². The summed E-state index contributed by atoms with van der Waals surface area (Å²) in [6.07, 6.45) is 6.06. The zero-order chi connectivity index (χ0) is 19.2. The fourth-order valence-corrected chi connectivity index (χ4v) is 3.30. The largest absolute Gasteiger partial charge is 0.486 e. The van der Waals surface area contributed by atoms with Gasteiger partial charge in [-0.05, 0) is 30.5 Å². The summed E-state index contributed by atoms with van der Waals surface area (Å²) in [5, 5.41) is 0. The highest BCUT2D eigenvalue weighted by Gasteiger charge is 2.35. The Kier molecular flexibility index (Phi) is 5.51. The predicted molar refractivity (Wildman–Crippen MR) is 100 cm³/mol. The predicted octanol–water partition coefficient (Wildman–Crippen LogP) is 4.12. The molecule has 1 fully saturated rings. The third-order valence-corrected chi connectivity index (χ3v) is 4.68. The maximum absolute atomic E-state index is 12.6. The molecular weight excluding hydrogens is 358 g/mol. The average Bonchev–Trinajstić information content (AvgIpc) is 3.41. The third-order valence-electron chi connectivity index (χ3n) is 4.68. The molecule has 1 atom stereocenters. The molecule has 0 radical (unpaired) electrons. The molecule has 4 rings (SSSR count). The van der Waals surface area contributed by atoms with E-state index in [4.69, 9.17) is 13.9 Å². The molecule has 2 aromatic heterocycles. The number of carbonyl (C=O) groups is 1. The van der Waals surface area contributed by atoms with Crippen LogP contribution in [0.15, 0.2) is 65.7 Å². The highest BCUT2D eigenvalue weighted by atomic mass is 16.6. The number of rotatable bonds is 6. The summed E-state index contributed by atoms with van der Waals surface area (Å²) < 4.78 is 16.9. The number of carbonyl (C=O) groups excluding carboxylic acids is 1. The molecule has 144 valence electrons. The van der Waals surface area contributed by atoms with Gasteiger partial charge < -0.3 is 13.9 Å². The second-order valence-electron chi connectivity index (χ2n) is 6.53. The van der Waals surface area contributed by atoms with Crippen LogP contribution in [0.25, 0.3) is 0 Å².